The molecule has 0 radical (unpaired) electrons. The van der Waals surface area contributed by atoms with Crippen molar-refractivity contribution >= 4 is 29.6 Å². The molecule has 8 heteroatoms. The van der Waals surface area contributed by atoms with Crippen molar-refractivity contribution in [3.05, 3.63) is 94.6 Å². The highest BCUT2D eigenvalue weighted by Crippen LogP contribution is 2.30. The number of carbonyl (C=O) groups excluding carboxylic acids is 2. The van der Waals surface area contributed by atoms with Crippen LogP contribution in [0, 0.1) is 18.3 Å². The Morgan fingerprint density at radius 1 is 0.941 bits per heavy atom. The normalized spacial score (nSPS) is 10.7. The minimum atomic E-state index is -1.09. The van der Waals surface area contributed by atoms with E-state index in [1.165, 1.54) is 43.5 Å². The molecule has 0 aliphatic carbocycles. The van der Waals surface area contributed by atoms with Crippen molar-refractivity contribution in [3.63, 3.8) is 0 Å². The lowest BCUT2D eigenvalue weighted by Gasteiger charge is -2.10. The molecular weight excluding hydrogens is 436 g/mol. The van der Waals surface area contributed by atoms with E-state index in [0.717, 1.165) is 5.56 Å². The maximum absolute atomic E-state index is 12.5. The highest BCUT2D eigenvalue weighted by molar-refractivity contribution is 6.09. The SMILES string of the molecule is COc1ccc(/C=C(\C#N)C(=O)Nc2ccc(C(=O)O)cc2)cc1OC(=O)c1ccc(C)cc1. The van der Waals surface area contributed by atoms with Crippen LogP contribution in [-0.4, -0.2) is 30.1 Å². The molecule has 0 spiro atoms. The highest BCUT2D eigenvalue weighted by Gasteiger charge is 2.15. The molecule has 3 aromatic carbocycles. The third-order valence-corrected chi connectivity index (χ3v) is 4.74. The van der Waals surface area contributed by atoms with Crippen LogP contribution in [0.3, 0.4) is 0 Å². The minimum absolute atomic E-state index is 0.0694. The van der Waals surface area contributed by atoms with E-state index in [1.807, 2.05) is 13.0 Å². The Morgan fingerprint density at radius 2 is 1.59 bits per heavy atom. The lowest BCUT2D eigenvalue weighted by atomic mass is 10.1. The van der Waals surface area contributed by atoms with Gasteiger partial charge in [-0.1, -0.05) is 23.8 Å². The molecule has 3 aromatic rings. The van der Waals surface area contributed by atoms with Crippen molar-refractivity contribution in [2.45, 2.75) is 6.92 Å². The molecule has 2 N–H and O–H groups in total. The Hall–Kier alpha value is -4.90. The molecule has 1 amide bonds. The van der Waals surface area contributed by atoms with E-state index in [1.54, 1.807) is 36.4 Å². The van der Waals surface area contributed by atoms with Gasteiger partial charge >= 0.3 is 11.9 Å². The van der Waals surface area contributed by atoms with Crippen LogP contribution in [0.4, 0.5) is 5.69 Å². The fraction of sp³-hybridized carbons (Fsp3) is 0.0769. The lowest BCUT2D eigenvalue weighted by molar-refractivity contribution is -0.112. The molecular formula is C26H20N2O6. The Balaban J connectivity index is 1.81. The quantitative estimate of drug-likeness (QED) is 0.233. The molecule has 0 unspecified atom stereocenters. The Kier molecular flexibility index (Phi) is 7.41. The van der Waals surface area contributed by atoms with Crippen molar-refractivity contribution < 1.29 is 29.0 Å². The molecule has 0 saturated heterocycles. The zero-order valence-electron chi connectivity index (χ0n) is 18.4. The maximum Gasteiger partial charge on any atom is 0.343 e. The summed E-state index contributed by atoms with van der Waals surface area (Å²) in [5.74, 6) is -1.92. The lowest BCUT2D eigenvalue weighted by Crippen LogP contribution is -2.13. The van der Waals surface area contributed by atoms with E-state index in [4.69, 9.17) is 14.6 Å². The molecule has 0 fully saturated rings. The van der Waals surface area contributed by atoms with Gasteiger partial charge in [-0.3, -0.25) is 4.79 Å². The van der Waals surface area contributed by atoms with Crippen molar-refractivity contribution in [3.8, 4) is 17.6 Å². The van der Waals surface area contributed by atoms with Gasteiger partial charge in [-0.25, -0.2) is 9.59 Å². The van der Waals surface area contributed by atoms with Gasteiger partial charge in [0.2, 0.25) is 0 Å². The maximum atomic E-state index is 12.5. The Morgan fingerprint density at radius 3 is 2.18 bits per heavy atom. The summed E-state index contributed by atoms with van der Waals surface area (Å²) >= 11 is 0. The number of nitrogens with zero attached hydrogens (tertiary/aromatic N) is 1. The van der Waals surface area contributed by atoms with Crippen LogP contribution in [0.15, 0.2) is 72.3 Å². The summed E-state index contributed by atoms with van der Waals surface area (Å²) in [6, 6.07) is 18.9. The first-order valence-electron chi connectivity index (χ1n) is 10.0. The molecule has 0 aromatic heterocycles. The molecule has 34 heavy (non-hydrogen) atoms. The third kappa shape index (κ3) is 5.87. The van der Waals surface area contributed by atoms with Crippen LogP contribution >= 0.6 is 0 Å². The second-order valence-corrected chi connectivity index (χ2v) is 7.17. The predicted molar refractivity (Wildman–Crippen MR) is 125 cm³/mol. The van der Waals surface area contributed by atoms with Crippen LogP contribution < -0.4 is 14.8 Å². The Bertz CT molecular complexity index is 1300. The van der Waals surface area contributed by atoms with Crippen molar-refractivity contribution in [1.82, 2.24) is 0 Å². The van der Waals surface area contributed by atoms with Crippen LogP contribution in [-0.2, 0) is 4.79 Å². The number of carboxylic acids is 1. The molecule has 170 valence electrons. The molecule has 0 atom stereocenters. The zero-order valence-corrected chi connectivity index (χ0v) is 18.4. The van der Waals surface area contributed by atoms with Gasteiger partial charge in [-0.15, -0.1) is 0 Å². The van der Waals surface area contributed by atoms with E-state index in [-0.39, 0.29) is 16.9 Å². The first-order chi connectivity index (χ1) is 16.3. The number of carbonyl (C=O) groups is 3. The number of nitriles is 1. The number of methoxy groups -OCH3 is 1. The number of esters is 1. The smallest absolute Gasteiger partial charge is 0.343 e. The van der Waals surface area contributed by atoms with Gasteiger partial charge in [0.1, 0.15) is 11.6 Å². The number of rotatable bonds is 7. The molecule has 3 rings (SSSR count). The van der Waals surface area contributed by atoms with Crippen LogP contribution in [0.2, 0.25) is 0 Å². The van der Waals surface area contributed by atoms with Gasteiger partial charge in [0, 0.05) is 5.69 Å². The van der Waals surface area contributed by atoms with Crippen molar-refractivity contribution in [2.75, 3.05) is 12.4 Å². The molecule has 8 nitrogen and oxygen atoms in total. The first kappa shape index (κ1) is 23.8. The van der Waals surface area contributed by atoms with Gasteiger partial charge < -0.3 is 19.9 Å². The van der Waals surface area contributed by atoms with E-state index in [0.29, 0.717) is 22.6 Å². The summed E-state index contributed by atoms with van der Waals surface area (Å²) in [7, 11) is 1.43. The van der Waals surface area contributed by atoms with E-state index < -0.39 is 17.8 Å². The van der Waals surface area contributed by atoms with Crippen LogP contribution in [0.1, 0.15) is 31.8 Å². The summed E-state index contributed by atoms with van der Waals surface area (Å²) in [6.07, 6.45) is 1.34. The molecule has 0 saturated carbocycles. The van der Waals surface area contributed by atoms with Gasteiger partial charge in [-0.05, 0) is 67.1 Å². The fourth-order valence-electron chi connectivity index (χ4n) is 2.92. The number of anilines is 1. The number of hydrogen-bond acceptors (Lipinski definition) is 6. The van der Waals surface area contributed by atoms with Crippen molar-refractivity contribution in [2.24, 2.45) is 0 Å². The van der Waals surface area contributed by atoms with Gasteiger partial charge in [0.15, 0.2) is 11.5 Å². The second kappa shape index (κ2) is 10.6. The largest absolute Gasteiger partial charge is 0.493 e. The third-order valence-electron chi connectivity index (χ3n) is 4.74. The van der Waals surface area contributed by atoms with Gasteiger partial charge in [0.05, 0.1) is 18.2 Å². The Labute approximate surface area is 195 Å². The standard InChI is InChI=1S/C26H20N2O6/c1-16-3-6-19(7-4-16)26(32)34-23-14-17(5-12-22(23)33-2)13-20(15-27)24(29)28-21-10-8-18(9-11-21)25(30)31/h3-14H,1-2H3,(H,28,29)(H,30,31)/b20-13+. The predicted octanol–water partition coefficient (Wildman–Crippen LogP) is 4.47. The number of amides is 1. The topological polar surface area (TPSA) is 126 Å². The number of carboxylic acid groups (broad SMARTS) is 1. The number of hydrogen-bond donors (Lipinski definition) is 2. The summed E-state index contributed by atoms with van der Waals surface area (Å²) in [5, 5.41) is 21.0. The summed E-state index contributed by atoms with van der Waals surface area (Å²) in [4.78, 5) is 36.0. The first-order valence-corrected chi connectivity index (χ1v) is 10.0. The number of benzene rings is 3. The fourth-order valence-corrected chi connectivity index (χ4v) is 2.92. The van der Waals surface area contributed by atoms with E-state index >= 15 is 0 Å². The molecule has 0 heterocycles. The summed E-state index contributed by atoms with van der Waals surface area (Å²) in [6.45, 7) is 1.90. The minimum Gasteiger partial charge on any atom is -0.493 e. The average Bonchev–Trinajstić information content (AvgIpc) is 2.83. The summed E-state index contributed by atoms with van der Waals surface area (Å²) < 4.78 is 10.7. The molecule has 0 aliphatic rings. The highest BCUT2D eigenvalue weighted by atomic mass is 16.6. The van der Waals surface area contributed by atoms with Crippen LogP contribution in [0.25, 0.3) is 6.08 Å². The number of aryl methyl sites for hydroxylation is 1. The zero-order chi connectivity index (χ0) is 24.7. The molecule has 0 bridgehead atoms. The van der Waals surface area contributed by atoms with Gasteiger partial charge in [0.25, 0.3) is 5.91 Å². The van der Waals surface area contributed by atoms with E-state index in [9.17, 15) is 19.6 Å². The average molecular weight is 456 g/mol. The number of aromatic carboxylic acids is 1. The van der Waals surface area contributed by atoms with Gasteiger partial charge in [-0.2, -0.15) is 5.26 Å². The monoisotopic (exact) mass is 456 g/mol. The molecule has 0 aliphatic heterocycles. The summed E-state index contributed by atoms with van der Waals surface area (Å²) in [5.41, 5.74) is 1.99. The second-order valence-electron chi connectivity index (χ2n) is 7.17. The van der Waals surface area contributed by atoms with Crippen molar-refractivity contribution in [1.29, 1.82) is 5.26 Å². The van der Waals surface area contributed by atoms with Crippen LogP contribution in [0.5, 0.6) is 11.5 Å². The number of ether oxygens (including phenoxy) is 2. The number of nitrogens with one attached hydrogen (secondary N) is 1. The van der Waals surface area contributed by atoms with E-state index in [2.05, 4.69) is 5.32 Å².